The van der Waals surface area contributed by atoms with Crippen molar-refractivity contribution in [2.45, 2.75) is 136 Å². The normalized spacial score (nSPS) is 16.5. The van der Waals surface area contributed by atoms with Crippen molar-refractivity contribution >= 4 is 60.4 Å². The van der Waals surface area contributed by atoms with Gasteiger partial charge in [-0.2, -0.15) is 0 Å². The summed E-state index contributed by atoms with van der Waals surface area (Å²) in [4.78, 5) is 0. The van der Waals surface area contributed by atoms with Crippen LogP contribution in [0.15, 0.2) is 65.3 Å². The van der Waals surface area contributed by atoms with Crippen LogP contribution >= 0.6 is 16.5 Å². The predicted molar refractivity (Wildman–Crippen MR) is 248 cm³/mol. The number of hydrogen-bond acceptors (Lipinski definition) is 10. The third-order valence-corrected chi connectivity index (χ3v) is 13.7. The van der Waals surface area contributed by atoms with Crippen molar-refractivity contribution in [1.29, 1.82) is 0 Å². The van der Waals surface area contributed by atoms with Crippen LogP contribution in [-0.4, -0.2) is 40.6 Å². The van der Waals surface area contributed by atoms with E-state index in [0.29, 0.717) is 6.42 Å². The fourth-order valence-corrected chi connectivity index (χ4v) is 10.6. The Hall–Kier alpha value is -4.20. The molecule has 0 aliphatic heterocycles. The molecule has 2 atom stereocenters. The SMILES string of the molecule is COc1cc(C(C)(C)C)c2op(O[C@@H]3CC[C@@H](Op4oc5c(C(C)(C)C)cc(OC)cc5c5cc(OC)cc(C(C)(C)C)c5o4)C3)oc3c(C(C)(C)C)cc(OC)cc3c2c1. The van der Waals surface area contributed by atoms with Crippen LogP contribution in [0.1, 0.15) is 125 Å². The Morgan fingerprint density at radius 3 is 0.820 bits per heavy atom. The third kappa shape index (κ3) is 9.16. The Kier molecular flexibility index (Phi) is 12.1. The van der Waals surface area contributed by atoms with Crippen LogP contribution in [-0.2, 0) is 21.7 Å². The first-order valence-electron chi connectivity index (χ1n) is 21.1. The Morgan fingerprint density at radius 1 is 0.393 bits per heavy atom. The van der Waals surface area contributed by atoms with Crippen LogP contribution < -0.4 is 28.0 Å². The summed E-state index contributed by atoms with van der Waals surface area (Å²) in [6.07, 6.45) is 1.66. The van der Waals surface area contributed by atoms with Gasteiger partial charge in [0, 0.05) is 50.2 Å². The summed E-state index contributed by atoms with van der Waals surface area (Å²) in [5.74, 6) is 2.94. The van der Waals surface area contributed by atoms with Gasteiger partial charge in [-0.15, -0.1) is 0 Å². The lowest BCUT2D eigenvalue weighted by Gasteiger charge is -2.21. The molecule has 0 unspecified atom stereocenters. The fraction of sp³-hybridized carbons (Fsp3) is 0.510. The third-order valence-electron chi connectivity index (χ3n) is 11.5. The molecule has 0 N–H and O–H groups in total. The lowest BCUT2D eigenvalue weighted by Crippen LogP contribution is -2.15. The van der Waals surface area contributed by atoms with E-state index in [9.17, 15) is 0 Å². The molecule has 1 fully saturated rings. The second-order valence-electron chi connectivity index (χ2n) is 20.3. The zero-order valence-corrected chi connectivity index (χ0v) is 40.7. The van der Waals surface area contributed by atoms with Crippen LogP contribution in [0, 0.1) is 0 Å². The minimum Gasteiger partial charge on any atom is -0.497 e. The number of ether oxygens (including phenoxy) is 4. The van der Waals surface area contributed by atoms with Gasteiger partial charge in [-0.05, 0) is 83.0 Å². The topological polar surface area (TPSA) is 108 Å². The molecule has 2 aromatic heterocycles. The lowest BCUT2D eigenvalue weighted by molar-refractivity contribution is 0.221. The molecule has 10 nitrogen and oxygen atoms in total. The molecule has 0 radical (unpaired) electrons. The summed E-state index contributed by atoms with van der Waals surface area (Å²) >= 11 is 0. The van der Waals surface area contributed by atoms with Gasteiger partial charge in [-0.1, -0.05) is 83.1 Å². The van der Waals surface area contributed by atoms with Crippen molar-refractivity contribution in [3.8, 4) is 23.0 Å². The average molecular weight is 875 g/mol. The monoisotopic (exact) mass is 874 g/mol. The standard InChI is InChI=1S/C49H64O10P2/c1-46(2,3)38-24-30(50-13)20-34-35-21-31(51-14)25-39(47(4,5)6)43(35)57-60(56-42(34)38)54-28-17-18-29(19-28)55-61-58-44-36(22-32(52-15)26-40(44)48(7,8)9)37-23-33(53-16)27-41(45(37)59-61)49(10,11)12/h20-29H,17-19H2,1-16H3/t28-,29-/m1/s1. The minimum atomic E-state index is -1.91. The van der Waals surface area contributed by atoms with Crippen molar-refractivity contribution in [3.05, 3.63) is 70.8 Å². The molecule has 7 rings (SSSR count). The maximum atomic E-state index is 6.92. The maximum absolute atomic E-state index is 6.92. The Bertz CT molecular complexity index is 2330. The van der Waals surface area contributed by atoms with Crippen molar-refractivity contribution in [2.24, 2.45) is 0 Å². The van der Waals surface area contributed by atoms with Crippen molar-refractivity contribution in [3.63, 3.8) is 0 Å². The molecule has 0 saturated heterocycles. The molecular formula is C49H64O10P2. The second-order valence-corrected chi connectivity index (χ2v) is 22.3. The van der Waals surface area contributed by atoms with Gasteiger partial charge in [0.2, 0.25) is 0 Å². The smallest absolute Gasteiger partial charge is 0.387 e. The van der Waals surface area contributed by atoms with Crippen molar-refractivity contribution < 1.29 is 44.8 Å². The van der Waals surface area contributed by atoms with Crippen LogP contribution in [0.25, 0.3) is 43.9 Å². The predicted octanol–water partition coefficient (Wildman–Crippen LogP) is 14.6. The quantitative estimate of drug-likeness (QED) is 0.147. The molecule has 0 bridgehead atoms. The van der Waals surface area contributed by atoms with Gasteiger partial charge < -0.3 is 35.7 Å². The number of benzene rings is 4. The summed E-state index contributed by atoms with van der Waals surface area (Å²) in [7, 11) is 2.93. The second kappa shape index (κ2) is 16.5. The van der Waals surface area contributed by atoms with Gasteiger partial charge in [0.1, 0.15) is 45.3 Å². The van der Waals surface area contributed by atoms with Crippen LogP contribution in [0.4, 0.5) is 0 Å². The summed E-state index contributed by atoms with van der Waals surface area (Å²) in [5, 5.41) is 3.48. The van der Waals surface area contributed by atoms with Crippen molar-refractivity contribution in [1.82, 2.24) is 0 Å². The van der Waals surface area contributed by atoms with Crippen LogP contribution in [0.3, 0.4) is 0 Å². The highest BCUT2D eigenvalue weighted by Crippen LogP contribution is 2.48. The lowest BCUT2D eigenvalue weighted by atomic mass is 9.84. The molecule has 12 heteroatoms. The fourth-order valence-electron chi connectivity index (χ4n) is 8.06. The molecule has 1 aliphatic carbocycles. The Morgan fingerprint density at radius 2 is 0.623 bits per heavy atom. The summed E-state index contributed by atoms with van der Waals surface area (Å²) in [5.41, 5.74) is 5.72. The van der Waals surface area contributed by atoms with E-state index < -0.39 is 16.5 Å². The number of rotatable bonds is 8. The zero-order chi connectivity index (χ0) is 44.4. The van der Waals surface area contributed by atoms with E-state index in [1.165, 1.54) is 0 Å². The highest BCUT2D eigenvalue weighted by atomic mass is 31.1. The molecule has 2 heterocycles. The highest BCUT2D eigenvalue weighted by Gasteiger charge is 2.33. The van der Waals surface area contributed by atoms with Gasteiger partial charge in [-0.3, -0.25) is 9.05 Å². The zero-order valence-electron chi connectivity index (χ0n) is 38.9. The van der Waals surface area contributed by atoms with E-state index in [1.54, 1.807) is 28.4 Å². The van der Waals surface area contributed by atoms with Gasteiger partial charge >= 0.3 is 16.5 Å². The first-order chi connectivity index (χ1) is 28.5. The van der Waals surface area contributed by atoms with E-state index in [2.05, 4.69) is 107 Å². The first-order valence-corrected chi connectivity index (χ1v) is 23.3. The van der Waals surface area contributed by atoms with E-state index >= 15 is 0 Å². The molecule has 6 aromatic rings. The van der Waals surface area contributed by atoms with E-state index in [4.69, 9.17) is 44.8 Å². The number of methoxy groups -OCH3 is 4. The molecule has 0 spiro atoms. The molecular weight excluding hydrogens is 810 g/mol. The van der Waals surface area contributed by atoms with Crippen molar-refractivity contribution in [2.75, 3.05) is 28.4 Å². The Labute approximate surface area is 362 Å². The van der Waals surface area contributed by atoms with Gasteiger partial charge in [0.25, 0.3) is 0 Å². The molecule has 61 heavy (non-hydrogen) atoms. The van der Waals surface area contributed by atoms with Crippen LogP contribution in [0.5, 0.6) is 23.0 Å². The van der Waals surface area contributed by atoms with Crippen LogP contribution in [0.2, 0.25) is 0 Å². The van der Waals surface area contributed by atoms with Gasteiger partial charge in [-0.25, -0.2) is 0 Å². The molecule has 330 valence electrons. The van der Waals surface area contributed by atoms with Gasteiger partial charge in [0.15, 0.2) is 0 Å². The molecule has 4 aromatic carbocycles. The highest BCUT2D eigenvalue weighted by molar-refractivity contribution is 7.32. The summed E-state index contributed by atoms with van der Waals surface area (Å²) in [6, 6.07) is 16.3. The largest absolute Gasteiger partial charge is 0.497 e. The number of hydrogen-bond donors (Lipinski definition) is 0. The summed E-state index contributed by atoms with van der Waals surface area (Å²) < 4.78 is 64.9. The average Bonchev–Trinajstić information content (AvgIpc) is 3.47. The van der Waals surface area contributed by atoms with E-state index in [1.807, 2.05) is 24.3 Å². The van der Waals surface area contributed by atoms with E-state index in [0.717, 1.165) is 102 Å². The summed E-state index contributed by atoms with van der Waals surface area (Å²) in [6.45, 7) is 26.1. The first kappa shape index (κ1) is 44.8. The number of fused-ring (bicyclic) bond motifs is 6. The molecule has 1 saturated carbocycles. The van der Waals surface area contributed by atoms with Gasteiger partial charge in [0.05, 0.1) is 40.6 Å². The molecule has 1 aliphatic rings. The molecule has 0 amide bonds. The van der Waals surface area contributed by atoms with E-state index in [-0.39, 0.29) is 33.9 Å². The minimum absolute atomic E-state index is 0.209. The Balaban J connectivity index is 1.36. The maximum Gasteiger partial charge on any atom is 0.387 e.